The molecular weight excluding hydrogens is 354 g/mol. The first kappa shape index (κ1) is 18.0. The molecule has 0 radical (unpaired) electrons. The average molecular weight is 377 g/mol. The number of methoxy groups -OCH3 is 1. The molecule has 144 valence electrons. The zero-order valence-corrected chi connectivity index (χ0v) is 15.8. The van der Waals surface area contributed by atoms with Crippen molar-refractivity contribution in [2.24, 2.45) is 0 Å². The predicted octanol–water partition coefficient (Wildman–Crippen LogP) is 2.83. The van der Waals surface area contributed by atoms with E-state index in [-0.39, 0.29) is 5.91 Å². The second-order valence-corrected chi connectivity index (χ2v) is 6.72. The van der Waals surface area contributed by atoms with Crippen molar-refractivity contribution in [2.45, 2.75) is 6.42 Å². The number of anilines is 1. The quantitative estimate of drug-likeness (QED) is 0.757. The van der Waals surface area contributed by atoms with Gasteiger partial charge in [0.25, 0.3) is 5.91 Å². The van der Waals surface area contributed by atoms with Crippen LogP contribution >= 0.6 is 0 Å². The molecule has 1 aromatic carbocycles. The van der Waals surface area contributed by atoms with Crippen molar-refractivity contribution in [3.63, 3.8) is 0 Å². The molecule has 1 amide bonds. The molecule has 4 rings (SSSR count). The van der Waals surface area contributed by atoms with Crippen LogP contribution in [0.5, 0.6) is 5.75 Å². The molecule has 1 aliphatic heterocycles. The molecular formula is C21H23N5O2. The molecule has 0 unspecified atom stereocenters. The van der Waals surface area contributed by atoms with Gasteiger partial charge in [0.2, 0.25) is 0 Å². The number of nitrogens with one attached hydrogen (secondary N) is 1. The van der Waals surface area contributed by atoms with Gasteiger partial charge in [0.05, 0.1) is 12.8 Å². The fraction of sp³-hybridized carbons (Fsp3) is 0.286. The smallest absolute Gasteiger partial charge is 0.271 e. The summed E-state index contributed by atoms with van der Waals surface area (Å²) in [5, 5.41) is 7.12. The first-order valence-electron chi connectivity index (χ1n) is 9.40. The minimum atomic E-state index is -0.0258. The zero-order valence-electron chi connectivity index (χ0n) is 15.8. The molecule has 0 aliphatic carbocycles. The summed E-state index contributed by atoms with van der Waals surface area (Å²) >= 11 is 0. The van der Waals surface area contributed by atoms with Gasteiger partial charge in [-0.15, -0.1) is 0 Å². The highest BCUT2D eigenvalue weighted by Gasteiger charge is 2.22. The highest BCUT2D eigenvalue weighted by Crippen LogP contribution is 2.23. The minimum Gasteiger partial charge on any atom is -0.497 e. The first-order chi connectivity index (χ1) is 13.7. The van der Waals surface area contributed by atoms with E-state index in [1.807, 2.05) is 41.3 Å². The third-order valence-electron chi connectivity index (χ3n) is 4.94. The first-order valence-corrected chi connectivity index (χ1v) is 9.40. The number of pyridine rings is 1. The Balaban J connectivity index is 1.44. The van der Waals surface area contributed by atoms with Crippen molar-refractivity contribution >= 4 is 11.6 Å². The second-order valence-electron chi connectivity index (χ2n) is 6.72. The van der Waals surface area contributed by atoms with Crippen LogP contribution in [0.4, 0.5) is 5.69 Å². The molecule has 1 saturated heterocycles. The molecule has 0 atom stereocenters. The summed E-state index contributed by atoms with van der Waals surface area (Å²) in [6, 6.07) is 15.4. The number of ether oxygens (including phenoxy) is 1. The molecule has 7 heteroatoms. The van der Waals surface area contributed by atoms with E-state index in [0.29, 0.717) is 17.9 Å². The summed E-state index contributed by atoms with van der Waals surface area (Å²) in [4.78, 5) is 21.4. The average Bonchev–Trinajstić information content (AvgIpc) is 3.12. The van der Waals surface area contributed by atoms with E-state index in [9.17, 15) is 4.79 Å². The van der Waals surface area contributed by atoms with E-state index >= 15 is 0 Å². The van der Waals surface area contributed by atoms with Gasteiger partial charge in [-0.3, -0.25) is 14.9 Å². The number of carbonyl (C=O) groups is 1. The van der Waals surface area contributed by atoms with E-state index in [2.05, 4.69) is 26.1 Å². The van der Waals surface area contributed by atoms with Crippen LogP contribution in [0.2, 0.25) is 0 Å². The molecule has 3 aromatic rings. The normalized spacial score (nSPS) is 14.6. The van der Waals surface area contributed by atoms with Gasteiger partial charge < -0.3 is 14.5 Å². The molecule has 0 bridgehead atoms. The van der Waals surface area contributed by atoms with Crippen molar-refractivity contribution in [3.8, 4) is 17.1 Å². The Morgan fingerprint density at radius 1 is 1.04 bits per heavy atom. The zero-order chi connectivity index (χ0) is 19.3. The van der Waals surface area contributed by atoms with Crippen molar-refractivity contribution in [2.75, 3.05) is 38.2 Å². The van der Waals surface area contributed by atoms with Crippen LogP contribution in [0, 0.1) is 0 Å². The number of H-pyrrole nitrogens is 1. The summed E-state index contributed by atoms with van der Waals surface area (Å²) in [7, 11) is 1.67. The largest absolute Gasteiger partial charge is 0.497 e. The SMILES string of the molecule is COc1cccc(N2CCCN(C(=O)c3cc(-c4ccccn4)n[nH]3)CC2)c1. The van der Waals surface area contributed by atoms with E-state index in [4.69, 9.17) is 4.74 Å². The lowest BCUT2D eigenvalue weighted by Crippen LogP contribution is -2.35. The highest BCUT2D eigenvalue weighted by atomic mass is 16.5. The molecule has 0 spiro atoms. The summed E-state index contributed by atoms with van der Waals surface area (Å²) in [5.41, 5.74) is 3.04. The maximum absolute atomic E-state index is 12.9. The Kier molecular flexibility index (Phi) is 5.23. The van der Waals surface area contributed by atoms with Gasteiger partial charge in [-0.25, -0.2) is 0 Å². The van der Waals surface area contributed by atoms with Gasteiger partial charge in [-0.05, 0) is 36.8 Å². The van der Waals surface area contributed by atoms with Crippen LogP contribution in [0.15, 0.2) is 54.7 Å². The van der Waals surface area contributed by atoms with Gasteiger partial charge in [0, 0.05) is 44.1 Å². The van der Waals surface area contributed by atoms with E-state index in [1.165, 1.54) is 0 Å². The molecule has 0 saturated carbocycles. The number of nitrogens with zero attached hydrogens (tertiary/aromatic N) is 4. The summed E-state index contributed by atoms with van der Waals surface area (Å²) < 4.78 is 5.33. The maximum Gasteiger partial charge on any atom is 0.271 e. The van der Waals surface area contributed by atoms with E-state index < -0.39 is 0 Å². The maximum atomic E-state index is 12.9. The molecule has 28 heavy (non-hydrogen) atoms. The number of benzene rings is 1. The van der Waals surface area contributed by atoms with Gasteiger partial charge in [-0.1, -0.05) is 12.1 Å². The molecule has 2 aromatic heterocycles. The Bertz CT molecular complexity index is 941. The number of hydrogen-bond donors (Lipinski definition) is 1. The lowest BCUT2D eigenvalue weighted by molar-refractivity contribution is 0.0761. The summed E-state index contributed by atoms with van der Waals surface area (Å²) in [6.45, 7) is 3.06. The third-order valence-corrected chi connectivity index (χ3v) is 4.94. The molecule has 1 aliphatic rings. The fourth-order valence-corrected chi connectivity index (χ4v) is 3.43. The Morgan fingerprint density at radius 2 is 1.96 bits per heavy atom. The molecule has 3 heterocycles. The number of carbonyl (C=O) groups excluding carboxylic acids is 1. The monoisotopic (exact) mass is 377 g/mol. The highest BCUT2D eigenvalue weighted by molar-refractivity contribution is 5.93. The summed E-state index contributed by atoms with van der Waals surface area (Å²) in [6.07, 6.45) is 2.62. The molecule has 7 nitrogen and oxygen atoms in total. The van der Waals surface area contributed by atoms with E-state index in [0.717, 1.165) is 43.2 Å². The fourth-order valence-electron chi connectivity index (χ4n) is 3.43. The Hall–Kier alpha value is -3.35. The van der Waals surface area contributed by atoms with Crippen LogP contribution in [-0.4, -0.2) is 59.3 Å². The van der Waals surface area contributed by atoms with E-state index in [1.54, 1.807) is 19.4 Å². The number of rotatable bonds is 4. The number of hydrogen-bond acceptors (Lipinski definition) is 5. The van der Waals surface area contributed by atoms with Gasteiger partial charge >= 0.3 is 0 Å². The Morgan fingerprint density at radius 3 is 2.79 bits per heavy atom. The number of amides is 1. The number of aromatic nitrogens is 3. The predicted molar refractivity (Wildman–Crippen MR) is 108 cm³/mol. The lowest BCUT2D eigenvalue weighted by Gasteiger charge is -2.23. The van der Waals surface area contributed by atoms with Crippen LogP contribution < -0.4 is 9.64 Å². The second kappa shape index (κ2) is 8.12. The minimum absolute atomic E-state index is 0.0258. The van der Waals surface area contributed by atoms with Crippen molar-refractivity contribution < 1.29 is 9.53 Å². The van der Waals surface area contributed by atoms with Crippen LogP contribution in [0.1, 0.15) is 16.9 Å². The van der Waals surface area contributed by atoms with Gasteiger partial charge in [0.1, 0.15) is 17.1 Å². The Labute approximate surface area is 164 Å². The third kappa shape index (κ3) is 3.83. The molecule has 1 fully saturated rings. The van der Waals surface area contributed by atoms with Gasteiger partial charge in [-0.2, -0.15) is 5.10 Å². The van der Waals surface area contributed by atoms with Crippen molar-refractivity contribution in [1.29, 1.82) is 0 Å². The van der Waals surface area contributed by atoms with Gasteiger partial charge in [0.15, 0.2) is 0 Å². The van der Waals surface area contributed by atoms with Crippen LogP contribution in [0.25, 0.3) is 11.4 Å². The van der Waals surface area contributed by atoms with Crippen LogP contribution in [-0.2, 0) is 0 Å². The van der Waals surface area contributed by atoms with Crippen molar-refractivity contribution in [1.82, 2.24) is 20.1 Å². The van der Waals surface area contributed by atoms with Crippen LogP contribution in [0.3, 0.4) is 0 Å². The summed E-state index contributed by atoms with van der Waals surface area (Å²) in [5.74, 6) is 0.816. The molecule has 1 N–H and O–H groups in total. The standard InChI is InChI=1S/C21H23N5O2/c1-28-17-7-4-6-16(14-17)25-10-5-11-26(13-12-25)21(27)20-15-19(23-24-20)18-8-2-3-9-22-18/h2-4,6-9,14-15H,5,10-13H2,1H3,(H,23,24). The number of aromatic amines is 1. The van der Waals surface area contributed by atoms with Crippen molar-refractivity contribution in [3.05, 3.63) is 60.4 Å². The lowest BCUT2D eigenvalue weighted by atomic mass is 10.2. The topological polar surface area (TPSA) is 74.3 Å².